The van der Waals surface area contributed by atoms with Crippen molar-refractivity contribution in [1.82, 2.24) is 4.98 Å². The van der Waals surface area contributed by atoms with Gasteiger partial charge in [-0.3, -0.25) is 10.4 Å². The molecule has 0 bridgehead atoms. The fourth-order valence-electron chi connectivity index (χ4n) is 1.24. The summed E-state index contributed by atoms with van der Waals surface area (Å²) < 4.78 is 5.07. The largest absolute Gasteiger partial charge is 0.481 e. The van der Waals surface area contributed by atoms with E-state index in [-0.39, 0.29) is 0 Å². The summed E-state index contributed by atoms with van der Waals surface area (Å²) in [6.07, 6.45) is 3.56. The molecule has 1 N–H and O–H groups in total. The molecule has 0 aliphatic carbocycles. The van der Waals surface area contributed by atoms with Crippen LogP contribution in [0.1, 0.15) is 25.5 Å². The summed E-state index contributed by atoms with van der Waals surface area (Å²) in [6, 6.07) is 5.97. The Morgan fingerprint density at radius 3 is 3.06 bits per heavy atom. The number of nitrogens with one attached hydrogen (secondary N) is 1. The van der Waals surface area contributed by atoms with E-state index in [4.69, 9.17) is 10.1 Å². The summed E-state index contributed by atoms with van der Waals surface area (Å²) in [7, 11) is 0. The summed E-state index contributed by atoms with van der Waals surface area (Å²) in [6.45, 7) is 2.50. The van der Waals surface area contributed by atoms with Gasteiger partial charge in [0.25, 0.3) is 0 Å². The van der Waals surface area contributed by atoms with E-state index < -0.39 is 0 Å². The number of aromatic nitrogens is 1. The van der Waals surface area contributed by atoms with Gasteiger partial charge < -0.3 is 4.74 Å². The number of nitrogens with zero attached hydrogens (tertiary/aromatic N) is 1. The smallest absolute Gasteiger partial charge is 0.180 e. The van der Waals surface area contributed by atoms with Crippen LogP contribution in [-0.4, -0.2) is 23.2 Å². The number of ether oxygens (including phenoxy) is 1. The van der Waals surface area contributed by atoms with Gasteiger partial charge in [0.1, 0.15) is 0 Å². The van der Waals surface area contributed by atoms with Crippen LogP contribution in [0.3, 0.4) is 0 Å². The normalized spacial score (nSPS) is 10.1. The second kappa shape index (κ2) is 8.16. The molecule has 0 atom stereocenters. The molecular weight excluding hydrogens is 220 g/mol. The van der Waals surface area contributed by atoms with Crippen molar-refractivity contribution in [3.63, 3.8) is 0 Å². The molecule has 0 amide bonds. The Balaban J connectivity index is 2.02. The van der Waals surface area contributed by atoms with Crippen molar-refractivity contribution in [3.05, 3.63) is 30.1 Å². The van der Waals surface area contributed by atoms with E-state index in [0.29, 0.717) is 12.5 Å². The number of hydrogen-bond donors (Lipinski definition) is 1. The molecule has 0 aromatic carbocycles. The third kappa shape index (κ3) is 5.75. The van der Waals surface area contributed by atoms with Gasteiger partial charge in [-0.1, -0.05) is 6.07 Å². The minimum atomic E-state index is 0.404. The number of rotatable bonds is 7. The van der Waals surface area contributed by atoms with Crippen LogP contribution < -0.4 is 0 Å². The molecule has 1 rings (SSSR count). The Kier molecular flexibility index (Phi) is 6.65. The third-order valence-electron chi connectivity index (χ3n) is 1.99. The molecule has 0 aliphatic heterocycles. The maximum absolute atomic E-state index is 7.44. The first-order chi connectivity index (χ1) is 7.83. The SMILES string of the molecule is CCOC(=N)CCCSCc1ccccn1. The van der Waals surface area contributed by atoms with Gasteiger partial charge in [-0.05, 0) is 31.2 Å². The van der Waals surface area contributed by atoms with E-state index in [0.717, 1.165) is 30.0 Å². The predicted molar refractivity (Wildman–Crippen MR) is 69.0 cm³/mol. The molecule has 0 aliphatic rings. The van der Waals surface area contributed by atoms with Crippen LogP contribution in [-0.2, 0) is 10.5 Å². The first kappa shape index (κ1) is 13.0. The Morgan fingerprint density at radius 1 is 1.50 bits per heavy atom. The zero-order valence-corrected chi connectivity index (χ0v) is 10.4. The average Bonchev–Trinajstić information content (AvgIpc) is 2.30. The van der Waals surface area contributed by atoms with E-state index in [1.165, 1.54) is 0 Å². The maximum atomic E-state index is 7.44. The molecule has 88 valence electrons. The van der Waals surface area contributed by atoms with E-state index in [2.05, 4.69) is 4.98 Å². The van der Waals surface area contributed by atoms with Crippen molar-refractivity contribution < 1.29 is 4.74 Å². The van der Waals surface area contributed by atoms with Gasteiger partial charge in [-0.25, -0.2) is 0 Å². The second-order valence-electron chi connectivity index (χ2n) is 3.33. The van der Waals surface area contributed by atoms with Crippen molar-refractivity contribution >= 4 is 17.7 Å². The molecule has 1 heterocycles. The topological polar surface area (TPSA) is 46.0 Å². The lowest BCUT2D eigenvalue weighted by Gasteiger charge is -2.04. The van der Waals surface area contributed by atoms with Crippen molar-refractivity contribution in [2.24, 2.45) is 0 Å². The van der Waals surface area contributed by atoms with Crippen LogP contribution in [0, 0.1) is 5.41 Å². The van der Waals surface area contributed by atoms with Gasteiger partial charge in [-0.2, -0.15) is 11.8 Å². The number of thioether (sulfide) groups is 1. The van der Waals surface area contributed by atoms with Crippen LogP contribution in [0.4, 0.5) is 0 Å². The average molecular weight is 238 g/mol. The fraction of sp³-hybridized carbons (Fsp3) is 0.500. The lowest BCUT2D eigenvalue weighted by Crippen LogP contribution is -2.02. The second-order valence-corrected chi connectivity index (χ2v) is 4.44. The predicted octanol–water partition coefficient (Wildman–Crippen LogP) is 3.11. The Labute approximate surface area is 101 Å². The van der Waals surface area contributed by atoms with E-state index in [1.807, 2.05) is 43.1 Å². The molecule has 3 nitrogen and oxygen atoms in total. The van der Waals surface area contributed by atoms with Crippen LogP contribution >= 0.6 is 11.8 Å². The Hall–Kier alpha value is -1.03. The molecule has 0 saturated carbocycles. The highest BCUT2D eigenvalue weighted by Crippen LogP contribution is 2.11. The Morgan fingerprint density at radius 2 is 2.38 bits per heavy atom. The zero-order chi connectivity index (χ0) is 11.6. The molecule has 1 aromatic heterocycles. The third-order valence-corrected chi connectivity index (χ3v) is 3.06. The summed E-state index contributed by atoms with van der Waals surface area (Å²) in [5.41, 5.74) is 1.12. The van der Waals surface area contributed by atoms with E-state index in [9.17, 15) is 0 Å². The summed E-state index contributed by atoms with van der Waals surface area (Å²) in [4.78, 5) is 4.25. The minimum Gasteiger partial charge on any atom is -0.481 e. The minimum absolute atomic E-state index is 0.404. The molecule has 4 heteroatoms. The summed E-state index contributed by atoms with van der Waals surface area (Å²) >= 11 is 1.85. The number of hydrogen-bond acceptors (Lipinski definition) is 4. The lowest BCUT2D eigenvalue weighted by molar-refractivity contribution is 0.314. The van der Waals surface area contributed by atoms with Crippen LogP contribution in [0.15, 0.2) is 24.4 Å². The molecule has 1 aromatic rings. The van der Waals surface area contributed by atoms with Crippen LogP contribution in [0.5, 0.6) is 0 Å². The van der Waals surface area contributed by atoms with Gasteiger partial charge in [-0.15, -0.1) is 0 Å². The van der Waals surface area contributed by atoms with Crippen molar-refractivity contribution in [1.29, 1.82) is 5.41 Å². The first-order valence-corrected chi connectivity index (χ1v) is 6.66. The van der Waals surface area contributed by atoms with Crippen molar-refractivity contribution in [3.8, 4) is 0 Å². The summed E-state index contributed by atoms with van der Waals surface area (Å²) in [5.74, 6) is 2.40. The summed E-state index contributed by atoms with van der Waals surface area (Å²) in [5, 5.41) is 7.44. The van der Waals surface area contributed by atoms with Crippen LogP contribution in [0.25, 0.3) is 0 Å². The van der Waals surface area contributed by atoms with Gasteiger partial charge >= 0.3 is 0 Å². The zero-order valence-electron chi connectivity index (χ0n) is 9.61. The Bertz CT molecular complexity index is 303. The van der Waals surface area contributed by atoms with E-state index >= 15 is 0 Å². The quantitative estimate of drug-likeness (QED) is 0.451. The van der Waals surface area contributed by atoms with Crippen molar-refractivity contribution in [2.45, 2.75) is 25.5 Å². The standard InChI is InChI=1S/C12H18N2OS/c1-2-15-12(13)7-5-9-16-10-11-6-3-4-8-14-11/h3-4,6,8,13H,2,5,7,9-10H2,1H3. The molecule has 0 radical (unpaired) electrons. The lowest BCUT2D eigenvalue weighted by atomic mass is 10.3. The first-order valence-electron chi connectivity index (χ1n) is 5.50. The van der Waals surface area contributed by atoms with Gasteiger partial charge in [0.05, 0.1) is 12.3 Å². The molecule has 0 fully saturated rings. The molecule has 0 spiro atoms. The number of pyridine rings is 1. The molecular formula is C12H18N2OS. The highest BCUT2D eigenvalue weighted by atomic mass is 32.2. The van der Waals surface area contributed by atoms with Crippen LogP contribution in [0.2, 0.25) is 0 Å². The van der Waals surface area contributed by atoms with E-state index in [1.54, 1.807) is 0 Å². The molecule has 0 saturated heterocycles. The van der Waals surface area contributed by atoms with Gasteiger partial charge in [0, 0.05) is 18.4 Å². The monoisotopic (exact) mass is 238 g/mol. The highest BCUT2D eigenvalue weighted by molar-refractivity contribution is 7.98. The molecule has 0 unspecified atom stereocenters. The molecule has 16 heavy (non-hydrogen) atoms. The van der Waals surface area contributed by atoms with Crippen molar-refractivity contribution in [2.75, 3.05) is 12.4 Å². The highest BCUT2D eigenvalue weighted by Gasteiger charge is 1.98. The van der Waals surface area contributed by atoms with Gasteiger partial charge in [0.15, 0.2) is 5.90 Å². The maximum Gasteiger partial charge on any atom is 0.180 e. The van der Waals surface area contributed by atoms with Gasteiger partial charge in [0.2, 0.25) is 0 Å². The fourth-order valence-corrected chi connectivity index (χ4v) is 2.11.